The van der Waals surface area contributed by atoms with Gasteiger partial charge in [-0.25, -0.2) is 12.8 Å². The molecule has 5 aromatic carbocycles. The molecule has 5 rings (SSSR count). The van der Waals surface area contributed by atoms with Gasteiger partial charge >= 0.3 is 0 Å². The summed E-state index contributed by atoms with van der Waals surface area (Å²) in [5.41, 5.74) is 2.60. The molecule has 0 fully saturated rings. The molecule has 1 unspecified atom stereocenters. The zero-order valence-electron chi connectivity index (χ0n) is 28.1. The number of nitrogens with one attached hydrogen (secondary N) is 2. The molecule has 2 N–H and O–H groups in total. The van der Waals surface area contributed by atoms with Gasteiger partial charge in [-0.1, -0.05) is 54.6 Å². The molecular weight excluding hydrogens is 674 g/mol. The molecule has 0 saturated carbocycles. The van der Waals surface area contributed by atoms with Crippen LogP contribution in [0.1, 0.15) is 22.7 Å². The maximum Gasteiger partial charge on any atom is 0.261 e. The van der Waals surface area contributed by atoms with Gasteiger partial charge in [-0.05, 0) is 95.9 Å². The number of carbonyl (C=O) groups is 2. The van der Waals surface area contributed by atoms with Crippen molar-refractivity contribution in [3.63, 3.8) is 0 Å². The Morgan fingerprint density at radius 1 is 0.725 bits per heavy atom. The lowest BCUT2D eigenvalue weighted by Crippen LogP contribution is -2.45. The number of rotatable bonds is 16. The van der Waals surface area contributed by atoms with Gasteiger partial charge in [0.05, 0.1) is 19.1 Å². The smallest absolute Gasteiger partial charge is 0.261 e. The monoisotopic (exact) mass is 711 g/mol. The molecule has 5 aromatic rings. The summed E-state index contributed by atoms with van der Waals surface area (Å²) in [5.74, 6) is 0.306. The average molecular weight is 712 g/mol. The van der Waals surface area contributed by atoms with E-state index in [1.54, 1.807) is 50.6 Å². The van der Waals surface area contributed by atoms with E-state index in [4.69, 9.17) is 14.2 Å². The molecule has 0 aliphatic carbocycles. The molecule has 0 heterocycles. The lowest BCUT2D eigenvalue weighted by Gasteiger charge is -2.31. The molecular formula is C39H38FN3O7S. The van der Waals surface area contributed by atoms with Gasteiger partial charge in [0.1, 0.15) is 29.1 Å². The molecule has 12 heteroatoms. The molecule has 0 bridgehead atoms. The number of benzene rings is 5. The van der Waals surface area contributed by atoms with Gasteiger partial charge in [0.15, 0.2) is 6.61 Å². The summed E-state index contributed by atoms with van der Waals surface area (Å²) in [6.45, 7) is -0.0107. The largest absolute Gasteiger partial charge is 0.497 e. The van der Waals surface area contributed by atoms with Crippen molar-refractivity contribution in [2.45, 2.75) is 23.9 Å². The standard InChI is InChI=1S/C39H38FN3O7S/c1-48-33-16-8-28(9-17-33)24-25-41-39(45)38(30-6-4-3-5-7-30)43(26-29-10-18-34(49-2)19-11-29)37(44)27-50-35-20-22-36(23-21-35)51(46,47)42-32-14-12-31(40)13-15-32/h3-23,38,42H,24-27H2,1-2H3,(H,41,45). The maximum absolute atomic E-state index is 14.0. The second kappa shape index (κ2) is 17.2. The molecule has 0 aliphatic heterocycles. The highest BCUT2D eigenvalue weighted by Gasteiger charge is 2.32. The van der Waals surface area contributed by atoms with E-state index in [9.17, 15) is 22.4 Å². The summed E-state index contributed by atoms with van der Waals surface area (Å²) in [4.78, 5) is 29.4. The Balaban J connectivity index is 1.33. The van der Waals surface area contributed by atoms with Gasteiger partial charge in [-0.3, -0.25) is 14.3 Å². The predicted molar refractivity (Wildman–Crippen MR) is 192 cm³/mol. The van der Waals surface area contributed by atoms with Crippen LogP contribution in [0.25, 0.3) is 0 Å². The van der Waals surface area contributed by atoms with E-state index in [2.05, 4.69) is 10.0 Å². The fourth-order valence-electron chi connectivity index (χ4n) is 5.25. The number of anilines is 1. The number of halogens is 1. The van der Waals surface area contributed by atoms with Crippen molar-refractivity contribution in [2.24, 2.45) is 0 Å². The number of sulfonamides is 1. The number of methoxy groups -OCH3 is 2. The molecule has 51 heavy (non-hydrogen) atoms. The van der Waals surface area contributed by atoms with E-state index < -0.39 is 34.4 Å². The number of hydrogen-bond donors (Lipinski definition) is 2. The third-order valence-corrected chi connectivity index (χ3v) is 9.37. The second-order valence-electron chi connectivity index (χ2n) is 11.4. The first kappa shape index (κ1) is 36.4. The Hall–Kier alpha value is -5.88. The van der Waals surface area contributed by atoms with Crippen LogP contribution in [0, 0.1) is 5.82 Å². The van der Waals surface area contributed by atoms with Gasteiger partial charge in [-0.15, -0.1) is 0 Å². The number of ether oxygens (including phenoxy) is 3. The molecule has 2 amide bonds. The van der Waals surface area contributed by atoms with Crippen LogP contribution in [0.15, 0.2) is 132 Å². The Morgan fingerprint density at radius 3 is 1.88 bits per heavy atom. The van der Waals surface area contributed by atoms with E-state index in [0.29, 0.717) is 24.3 Å². The first-order chi connectivity index (χ1) is 24.6. The highest BCUT2D eigenvalue weighted by Crippen LogP contribution is 2.26. The van der Waals surface area contributed by atoms with Crippen LogP contribution in [0.2, 0.25) is 0 Å². The quantitative estimate of drug-likeness (QED) is 0.126. The van der Waals surface area contributed by atoms with Crippen LogP contribution in [0.4, 0.5) is 10.1 Å². The molecule has 0 radical (unpaired) electrons. The summed E-state index contributed by atoms with van der Waals surface area (Å²) in [6.07, 6.45) is 0.567. The summed E-state index contributed by atoms with van der Waals surface area (Å²) in [7, 11) is -0.806. The zero-order chi connectivity index (χ0) is 36.2. The number of hydrogen-bond acceptors (Lipinski definition) is 7. The number of nitrogens with zero attached hydrogens (tertiary/aromatic N) is 1. The van der Waals surface area contributed by atoms with Crippen molar-refractivity contribution in [2.75, 3.05) is 32.1 Å². The van der Waals surface area contributed by atoms with Crippen molar-refractivity contribution in [1.29, 1.82) is 0 Å². The third kappa shape index (κ3) is 10.1. The molecule has 0 aromatic heterocycles. The summed E-state index contributed by atoms with van der Waals surface area (Å²) in [5, 5.41) is 3.01. The van der Waals surface area contributed by atoms with E-state index in [0.717, 1.165) is 29.0 Å². The first-order valence-corrected chi connectivity index (χ1v) is 17.5. The normalized spacial score (nSPS) is 11.6. The van der Waals surface area contributed by atoms with Gasteiger partial charge in [0.25, 0.3) is 15.9 Å². The molecule has 0 spiro atoms. The molecule has 0 saturated heterocycles. The van der Waals surface area contributed by atoms with Crippen LogP contribution in [0.3, 0.4) is 0 Å². The average Bonchev–Trinajstić information content (AvgIpc) is 3.15. The fourth-order valence-corrected chi connectivity index (χ4v) is 6.31. The fraction of sp³-hybridized carbons (Fsp3) is 0.179. The predicted octanol–water partition coefficient (Wildman–Crippen LogP) is 6.15. The Bertz CT molecular complexity index is 1990. The topological polar surface area (TPSA) is 123 Å². The van der Waals surface area contributed by atoms with Crippen LogP contribution in [0.5, 0.6) is 17.2 Å². The lowest BCUT2D eigenvalue weighted by atomic mass is 10.0. The second-order valence-corrected chi connectivity index (χ2v) is 13.1. The minimum Gasteiger partial charge on any atom is -0.497 e. The summed E-state index contributed by atoms with van der Waals surface area (Å²) < 4.78 is 57.7. The van der Waals surface area contributed by atoms with Crippen molar-refractivity contribution >= 4 is 27.5 Å². The zero-order valence-corrected chi connectivity index (χ0v) is 28.9. The van der Waals surface area contributed by atoms with E-state index >= 15 is 0 Å². The Morgan fingerprint density at radius 2 is 1.29 bits per heavy atom. The molecule has 1 atom stereocenters. The van der Waals surface area contributed by atoms with Crippen molar-refractivity contribution in [1.82, 2.24) is 10.2 Å². The van der Waals surface area contributed by atoms with Gasteiger partial charge in [-0.2, -0.15) is 0 Å². The van der Waals surface area contributed by atoms with Gasteiger partial charge < -0.3 is 24.4 Å². The van der Waals surface area contributed by atoms with E-state index in [1.807, 2.05) is 42.5 Å². The van der Waals surface area contributed by atoms with E-state index in [-0.39, 0.29) is 28.8 Å². The van der Waals surface area contributed by atoms with Gasteiger partial charge in [0, 0.05) is 18.8 Å². The van der Waals surface area contributed by atoms with Crippen LogP contribution in [-0.2, 0) is 32.6 Å². The van der Waals surface area contributed by atoms with Crippen LogP contribution in [-0.4, -0.2) is 52.5 Å². The first-order valence-electron chi connectivity index (χ1n) is 16.0. The lowest BCUT2D eigenvalue weighted by molar-refractivity contribution is -0.143. The van der Waals surface area contributed by atoms with Crippen molar-refractivity contribution in [3.8, 4) is 17.2 Å². The van der Waals surface area contributed by atoms with Crippen LogP contribution >= 0.6 is 0 Å². The maximum atomic E-state index is 14.0. The van der Waals surface area contributed by atoms with Crippen molar-refractivity contribution in [3.05, 3.63) is 150 Å². The minimum absolute atomic E-state index is 0.0536. The number of carbonyl (C=O) groups excluding carboxylic acids is 2. The highest BCUT2D eigenvalue weighted by molar-refractivity contribution is 7.92. The minimum atomic E-state index is -3.97. The summed E-state index contributed by atoms with van der Waals surface area (Å²) in [6, 6.07) is 33.3. The Kier molecular flexibility index (Phi) is 12.3. The SMILES string of the molecule is COc1ccc(CCNC(=O)C(c2ccccc2)N(Cc2ccc(OC)cc2)C(=O)COc2ccc(S(=O)(=O)Nc3ccc(F)cc3)cc2)cc1. The molecule has 0 aliphatic rings. The number of amides is 2. The highest BCUT2D eigenvalue weighted by atomic mass is 32.2. The van der Waals surface area contributed by atoms with E-state index in [1.165, 1.54) is 41.3 Å². The van der Waals surface area contributed by atoms with Gasteiger partial charge in [0.2, 0.25) is 5.91 Å². The Labute approximate surface area is 296 Å². The molecule has 10 nitrogen and oxygen atoms in total. The summed E-state index contributed by atoms with van der Waals surface area (Å²) >= 11 is 0. The van der Waals surface area contributed by atoms with Crippen LogP contribution < -0.4 is 24.2 Å². The third-order valence-electron chi connectivity index (χ3n) is 7.97. The molecule has 264 valence electrons. The van der Waals surface area contributed by atoms with Crippen molar-refractivity contribution < 1.29 is 36.6 Å².